The van der Waals surface area contributed by atoms with Gasteiger partial charge < -0.3 is 15.0 Å². The molecule has 0 unspecified atom stereocenters. The van der Waals surface area contributed by atoms with E-state index in [2.05, 4.69) is 15.0 Å². The van der Waals surface area contributed by atoms with Crippen LogP contribution >= 0.6 is 24.8 Å². The molecule has 0 amide bonds. The normalized spacial score (nSPS) is 15.8. The number of piperazine rings is 1. The Morgan fingerprint density at radius 3 is 2.14 bits per heavy atom. The molecular weight excluding hydrogens is 328 g/mol. The smallest absolute Gasteiger partial charge is 0.406 e. The van der Waals surface area contributed by atoms with Crippen molar-refractivity contribution in [1.29, 1.82) is 0 Å². The first-order valence-corrected chi connectivity index (χ1v) is 6.31. The van der Waals surface area contributed by atoms with E-state index in [0.29, 0.717) is 0 Å². The Hall–Kier alpha value is -0.690. The zero-order chi connectivity index (χ0) is 13.7. The van der Waals surface area contributed by atoms with E-state index in [4.69, 9.17) is 0 Å². The fraction of sp³-hybridized carbons (Fsp3) is 0.538. The monoisotopic (exact) mass is 346 g/mol. The summed E-state index contributed by atoms with van der Waals surface area (Å²) in [5.41, 5.74) is 1.02. The van der Waals surface area contributed by atoms with Crippen LogP contribution in [0.2, 0.25) is 0 Å². The van der Waals surface area contributed by atoms with Crippen molar-refractivity contribution in [3.63, 3.8) is 0 Å². The zero-order valence-electron chi connectivity index (χ0n) is 11.4. The molecular formula is C13H19Cl2F3N2O. The molecule has 8 heteroatoms. The Bertz CT molecular complexity index is 395. The molecule has 1 N–H and O–H groups in total. The SMILES string of the molecule is Cl.Cl.FC(F)(F)Oc1ccc(CCN2CCNCC2)cc1. The summed E-state index contributed by atoms with van der Waals surface area (Å²) in [6.45, 7) is 4.97. The molecule has 1 aliphatic rings. The maximum absolute atomic E-state index is 12.0. The number of halogens is 5. The fourth-order valence-electron chi connectivity index (χ4n) is 2.08. The van der Waals surface area contributed by atoms with Gasteiger partial charge in [0.2, 0.25) is 0 Å². The van der Waals surface area contributed by atoms with E-state index in [9.17, 15) is 13.2 Å². The Balaban J connectivity index is 0.00000200. The highest BCUT2D eigenvalue weighted by Gasteiger charge is 2.30. The summed E-state index contributed by atoms with van der Waals surface area (Å²) in [5.74, 6) is -0.168. The van der Waals surface area contributed by atoms with E-state index in [-0.39, 0.29) is 30.6 Å². The molecule has 0 aromatic heterocycles. The van der Waals surface area contributed by atoms with Crippen LogP contribution in [0, 0.1) is 0 Å². The molecule has 1 aromatic rings. The average Bonchev–Trinajstić information content (AvgIpc) is 2.37. The second-order valence-electron chi connectivity index (χ2n) is 4.53. The lowest BCUT2D eigenvalue weighted by molar-refractivity contribution is -0.274. The molecule has 1 saturated heterocycles. The summed E-state index contributed by atoms with van der Waals surface area (Å²) in [6.07, 6.45) is -3.78. The molecule has 0 atom stereocenters. The number of benzene rings is 1. The van der Waals surface area contributed by atoms with Crippen LogP contribution < -0.4 is 10.1 Å². The number of alkyl halides is 3. The summed E-state index contributed by atoms with van der Waals surface area (Å²) in [4.78, 5) is 2.34. The van der Waals surface area contributed by atoms with Gasteiger partial charge in [0.1, 0.15) is 5.75 Å². The largest absolute Gasteiger partial charge is 0.573 e. The number of nitrogens with zero attached hydrogens (tertiary/aromatic N) is 1. The molecule has 1 fully saturated rings. The number of hydrogen-bond donors (Lipinski definition) is 1. The van der Waals surface area contributed by atoms with Gasteiger partial charge in [0.25, 0.3) is 0 Å². The van der Waals surface area contributed by atoms with Gasteiger partial charge in [0.15, 0.2) is 0 Å². The van der Waals surface area contributed by atoms with Gasteiger partial charge in [0.05, 0.1) is 0 Å². The van der Waals surface area contributed by atoms with Gasteiger partial charge in [-0.25, -0.2) is 0 Å². The minimum absolute atomic E-state index is 0. The van der Waals surface area contributed by atoms with Crippen LogP contribution in [0.15, 0.2) is 24.3 Å². The number of hydrogen-bond acceptors (Lipinski definition) is 3. The van der Waals surface area contributed by atoms with E-state index in [1.165, 1.54) is 12.1 Å². The minimum atomic E-state index is -4.62. The second-order valence-corrected chi connectivity index (χ2v) is 4.53. The van der Waals surface area contributed by atoms with Gasteiger partial charge in [-0.05, 0) is 24.1 Å². The molecule has 0 radical (unpaired) electrons. The van der Waals surface area contributed by atoms with Crippen molar-refractivity contribution in [2.24, 2.45) is 0 Å². The lowest BCUT2D eigenvalue weighted by Gasteiger charge is -2.27. The molecule has 1 aliphatic heterocycles. The predicted octanol–water partition coefficient (Wildman–Crippen LogP) is 2.88. The standard InChI is InChI=1S/C13H17F3N2O.2ClH/c14-13(15,16)19-12-3-1-11(2-4-12)5-8-18-9-6-17-7-10-18;;/h1-4,17H,5-10H2;2*1H. The maximum Gasteiger partial charge on any atom is 0.573 e. The lowest BCUT2D eigenvalue weighted by Crippen LogP contribution is -2.44. The van der Waals surface area contributed by atoms with Gasteiger partial charge in [-0.2, -0.15) is 0 Å². The van der Waals surface area contributed by atoms with Crippen molar-refractivity contribution in [3.8, 4) is 5.75 Å². The molecule has 0 bridgehead atoms. The fourth-order valence-corrected chi connectivity index (χ4v) is 2.08. The Morgan fingerprint density at radius 1 is 1.05 bits per heavy atom. The summed E-state index contributed by atoms with van der Waals surface area (Å²) in [5, 5.41) is 3.28. The predicted molar refractivity (Wildman–Crippen MR) is 80.6 cm³/mol. The third-order valence-electron chi connectivity index (χ3n) is 3.08. The second kappa shape index (κ2) is 9.35. The number of nitrogens with one attached hydrogen (secondary N) is 1. The highest BCUT2D eigenvalue weighted by atomic mass is 35.5. The van der Waals surface area contributed by atoms with Crippen molar-refractivity contribution in [3.05, 3.63) is 29.8 Å². The molecule has 1 aromatic carbocycles. The van der Waals surface area contributed by atoms with Crippen LogP contribution in [0.25, 0.3) is 0 Å². The van der Waals surface area contributed by atoms with Crippen molar-refractivity contribution in [2.75, 3.05) is 32.7 Å². The van der Waals surface area contributed by atoms with Crippen LogP contribution in [0.4, 0.5) is 13.2 Å². The minimum Gasteiger partial charge on any atom is -0.406 e. The van der Waals surface area contributed by atoms with E-state index < -0.39 is 6.36 Å². The molecule has 3 nitrogen and oxygen atoms in total. The molecule has 1 heterocycles. The summed E-state index contributed by atoms with van der Waals surface area (Å²) >= 11 is 0. The Kier molecular flexibility index (Phi) is 9.04. The van der Waals surface area contributed by atoms with Crippen LogP contribution in [-0.4, -0.2) is 44.0 Å². The van der Waals surface area contributed by atoms with Crippen molar-refractivity contribution < 1.29 is 17.9 Å². The van der Waals surface area contributed by atoms with Crippen LogP contribution in [0.3, 0.4) is 0 Å². The molecule has 21 heavy (non-hydrogen) atoms. The van der Waals surface area contributed by atoms with Gasteiger partial charge in [0, 0.05) is 32.7 Å². The van der Waals surface area contributed by atoms with E-state index in [0.717, 1.165) is 44.7 Å². The third-order valence-corrected chi connectivity index (χ3v) is 3.08. The molecule has 0 spiro atoms. The van der Waals surface area contributed by atoms with Gasteiger partial charge in [-0.15, -0.1) is 38.0 Å². The van der Waals surface area contributed by atoms with E-state index in [1.54, 1.807) is 12.1 Å². The highest BCUT2D eigenvalue weighted by molar-refractivity contribution is 5.85. The molecule has 122 valence electrons. The Morgan fingerprint density at radius 2 is 1.62 bits per heavy atom. The van der Waals surface area contributed by atoms with Crippen LogP contribution in [0.1, 0.15) is 5.56 Å². The van der Waals surface area contributed by atoms with Gasteiger partial charge in [-0.3, -0.25) is 0 Å². The maximum atomic E-state index is 12.0. The van der Waals surface area contributed by atoms with E-state index >= 15 is 0 Å². The number of rotatable bonds is 4. The van der Waals surface area contributed by atoms with Gasteiger partial charge in [-0.1, -0.05) is 12.1 Å². The van der Waals surface area contributed by atoms with Crippen molar-refractivity contribution >= 4 is 24.8 Å². The molecule has 2 rings (SSSR count). The Labute approximate surface area is 134 Å². The topological polar surface area (TPSA) is 24.5 Å². The van der Waals surface area contributed by atoms with E-state index in [1.807, 2.05) is 0 Å². The average molecular weight is 347 g/mol. The summed E-state index contributed by atoms with van der Waals surface area (Å²) in [6, 6.07) is 6.09. The summed E-state index contributed by atoms with van der Waals surface area (Å²) < 4.78 is 39.8. The van der Waals surface area contributed by atoms with Gasteiger partial charge >= 0.3 is 6.36 Å². The first-order valence-electron chi connectivity index (χ1n) is 6.31. The molecule has 0 aliphatic carbocycles. The first-order chi connectivity index (χ1) is 9.03. The third kappa shape index (κ3) is 7.76. The lowest BCUT2D eigenvalue weighted by atomic mass is 10.1. The first kappa shape index (κ1) is 20.3. The highest BCUT2D eigenvalue weighted by Crippen LogP contribution is 2.22. The van der Waals surface area contributed by atoms with Crippen LogP contribution in [0.5, 0.6) is 5.75 Å². The van der Waals surface area contributed by atoms with Crippen molar-refractivity contribution in [2.45, 2.75) is 12.8 Å². The quantitative estimate of drug-likeness (QED) is 0.907. The molecule has 0 saturated carbocycles. The number of ether oxygens (including phenoxy) is 1. The zero-order valence-corrected chi connectivity index (χ0v) is 13.0. The summed E-state index contributed by atoms with van der Waals surface area (Å²) in [7, 11) is 0. The van der Waals surface area contributed by atoms with Crippen molar-refractivity contribution in [1.82, 2.24) is 10.2 Å². The van der Waals surface area contributed by atoms with Crippen LogP contribution in [-0.2, 0) is 6.42 Å².